The van der Waals surface area contributed by atoms with E-state index in [1.54, 1.807) is 12.4 Å². The average Bonchev–Trinajstić information content (AvgIpc) is 3.41. The summed E-state index contributed by atoms with van der Waals surface area (Å²) >= 11 is 1.46. The summed E-state index contributed by atoms with van der Waals surface area (Å²) in [6, 6.07) is 15.4. The van der Waals surface area contributed by atoms with Crippen LogP contribution < -0.4 is 5.32 Å². The number of carbonyl (C=O) groups excluding carboxylic acids is 2. The van der Waals surface area contributed by atoms with E-state index >= 15 is 0 Å². The van der Waals surface area contributed by atoms with Gasteiger partial charge in [-0.1, -0.05) is 12.1 Å². The van der Waals surface area contributed by atoms with Gasteiger partial charge in [0, 0.05) is 47.3 Å². The van der Waals surface area contributed by atoms with Crippen molar-refractivity contribution in [3.63, 3.8) is 0 Å². The molecular weight excluding hydrogens is 599 g/mol. The lowest BCUT2D eigenvalue weighted by Gasteiger charge is -2.26. The van der Waals surface area contributed by atoms with Crippen LogP contribution in [0.2, 0.25) is 0 Å². The van der Waals surface area contributed by atoms with Gasteiger partial charge in [0.25, 0.3) is 5.91 Å². The number of phenols is 1. The van der Waals surface area contributed by atoms with Crippen molar-refractivity contribution >= 4 is 38.7 Å². The maximum absolute atomic E-state index is 13.7. The summed E-state index contributed by atoms with van der Waals surface area (Å²) in [4.78, 5) is 33.0. The highest BCUT2D eigenvalue weighted by Crippen LogP contribution is 2.36. The summed E-state index contributed by atoms with van der Waals surface area (Å²) in [7, 11) is -3.86. The average molecular weight is 632 g/mol. The normalized spacial score (nSPS) is 15.5. The molecule has 1 aliphatic heterocycles. The van der Waals surface area contributed by atoms with Gasteiger partial charge in [-0.15, -0.1) is 11.3 Å². The van der Waals surface area contributed by atoms with Crippen molar-refractivity contribution < 1.29 is 27.9 Å². The number of hydrogen-bond acceptors (Lipinski definition) is 8. The zero-order chi connectivity index (χ0) is 30.7. The summed E-state index contributed by atoms with van der Waals surface area (Å²) in [5.41, 5.74) is 4.30. The number of morpholine rings is 1. The van der Waals surface area contributed by atoms with Crippen LogP contribution in [0.3, 0.4) is 0 Å². The summed E-state index contributed by atoms with van der Waals surface area (Å²) in [6.07, 6.45) is 7.73. The molecule has 11 heteroatoms. The summed E-state index contributed by atoms with van der Waals surface area (Å²) in [6.45, 7) is 1.04. The Morgan fingerprint density at radius 2 is 1.66 bits per heavy atom. The molecule has 2 aliphatic rings. The van der Waals surface area contributed by atoms with E-state index in [0.717, 1.165) is 53.7 Å². The number of nitrogens with one attached hydrogen (secondary N) is 1. The zero-order valence-corrected chi connectivity index (χ0v) is 25.8. The third-order valence-corrected chi connectivity index (χ3v) is 11.2. The smallest absolute Gasteiger partial charge is 0.257 e. The van der Waals surface area contributed by atoms with Gasteiger partial charge in [-0.3, -0.25) is 14.6 Å². The van der Waals surface area contributed by atoms with Gasteiger partial charge in [-0.25, -0.2) is 8.42 Å². The molecule has 0 saturated carbocycles. The van der Waals surface area contributed by atoms with E-state index in [0.29, 0.717) is 29.3 Å². The Kier molecular flexibility index (Phi) is 8.90. The lowest BCUT2D eigenvalue weighted by atomic mass is 9.93. The van der Waals surface area contributed by atoms with E-state index in [4.69, 9.17) is 4.74 Å². The molecule has 9 nitrogen and oxygen atoms in total. The number of thiophene rings is 1. The molecule has 44 heavy (non-hydrogen) atoms. The van der Waals surface area contributed by atoms with E-state index in [9.17, 15) is 23.1 Å². The minimum atomic E-state index is -3.86. The van der Waals surface area contributed by atoms with Gasteiger partial charge in [0.15, 0.2) is 5.78 Å². The van der Waals surface area contributed by atoms with Crippen LogP contribution in [0.1, 0.15) is 60.0 Å². The molecule has 0 bridgehead atoms. The highest BCUT2D eigenvalue weighted by Gasteiger charge is 2.30. The number of phenolic OH excluding ortho intramolecular Hbond substituents is 1. The second-order valence-corrected chi connectivity index (χ2v) is 14.1. The summed E-state index contributed by atoms with van der Waals surface area (Å²) in [5, 5.41) is 13.6. The van der Waals surface area contributed by atoms with Gasteiger partial charge in [0.2, 0.25) is 10.0 Å². The number of nitrogens with zero attached hydrogens (tertiary/aromatic N) is 2. The predicted octanol–water partition coefficient (Wildman–Crippen LogP) is 5.02. The number of pyridine rings is 1. The first-order valence-electron chi connectivity index (χ1n) is 14.7. The fraction of sp³-hybridized carbons (Fsp3) is 0.303. The molecule has 3 heterocycles. The Balaban J connectivity index is 1.23. The number of aryl methyl sites for hydroxylation is 1. The molecular formula is C33H33N3O6S2. The Hall–Kier alpha value is -3.90. The number of hydrogen-bond donors (Lipinski definition) is 2. The van der Waals surface area contributed by atoms with Crippen molar-refractivity contribution in [3.05, 3.63) is 105 Å². The fourth-order valence-electron chi connectivity index (χ4n) is 5.72. The van der Waals surface area contributed by atoms with E-state index < -0.39 is 15.8 Å². The minimum Gasteiger partial charge on any atom is -0.507 e. The van der Waals surface area contributed by atoms with Crippen molar-refractivity contribution in [2.24, 2.45) is 0 Å². The Labute approximate surface area is 260 Å². The number of sulfonamides is 1. The molecule has 228 valence electrons. The highest BCUT2D eigenvalue weighted by atomic mass is 32.2. The number of ketones is 1. The molecule has 2 aromatic carbocycles. The standard InChI is InChI=1S/C33H33N3O6S2/c37-28-10-9-25(44(40,41)36-15-17-42-18-16-36)20-27(28)29(38)21-31-32(26-3-1-2-4-30(26)43-31)33(39)35-24-7-5-22(6-8-24)19-23-11-13-34-14-12-23/h5-14,20,37H,1-4,15-19,21H2,(H,35,39). The molecule has 0 unspecified atom stereocenters. The maximum Gasteiger partial charge on any atom is 0.257 e. The van der Waals surface area contributed by atoms with Crippen molar-refractivity contribution in [2.75, 3.05) is 31.6 Å². The largest absolute Gasteiger partial charge is 0.507 e. The minimum absolute atomic E-state index is 0.0589. The quantitative estimate of drug-likeness (QED) is 0.249. The van der Waals surface area contributed by atoms with Crippen LogP contribution in [0.15, 0.2) is 71.9 Å². The van der Waals surface area contributed by atoms with Gasteiger partial charge >= 0.3 is 0 Å². The van der Waals surface area contributed by atoms with Crippen LogP contribution in [-0.2, 0) is 40.4 Å². The number of aromatic hydroxyl groups is 1. The number of fused-ring (bicyclic) bond motifs is 1. The first kappa shape index (κ1) is 30.1. The van der Waals surface area contributed by atoms with Crippen molar-refractivity contribution in [1.82, 2.24) is 9.29 Å². The Morgan fingerprint density at radius 1 is 0.955 bits per heavy atom. The van der Waals surface area contributed by atoms with Crippen molar-refractivity contribution in [3.8, 4) is 5.75 Å². The third kappa shape index (κ3) is 6.46. The van der Waals surface area contributed by atoms with Gasteiger partial charge in [0.05, 0.1) is 29.2 Å². The van der Waals surface area contributed by atoms with E-state index in [2.05, 4.69) is 10.3 Å². The first-order chi connectivity index (χ1) is 21.3. The molecule has 2 aromatic heterocycles. The maximum atomic E-state index is 13.7. The first-order valence-corrected chi connectivity index (χ1v) is 16.9. The topological polar surface area (TPSA) is 126 Å². The van der Waals surface area contributed by atoms with E-state index in [-0.39, 0.29) is 41.6 Å². The number of rotatable bonds is 9. The lowest BCUT2D eigenvalue weighted by Crippen LogP contribution is -2.40. The van der Waals surface area contributed by atoms with Crippen LogP contribution >= 0.6 is 11.3 Å². The van der Waals surface area contributed by atoms with Gasteiger partial charge in [0.1, 0.15) is 5.75 Å². The van der Waals surface area contributed by atoms with Crippen LogP contribution in [0.5, 0.6) is 5.75 Å². The zero-order valence-electron chi connectivity index (χ0n) is 24.1. The van der Waals surface area contributed by atoms with Gasteiger partial charge < -0.3 is 15.2 Å². The van der Waals surface area contributed by atoms with Crippen LogP contribution in [0, 0.1) is 0 Å². The summed E-state index contributed by atoms with van der Waals surface area (Å²) < 4.78 is 33.0. The molecule has 4 aromatic rings. The Morgan fingerprint density at radius 3 is 2.41 bits per heavy atom. The van der Waals surface area contributed by atoms with E-state index in [1.165, 1.54) is 33.8 Å². The molecule has 1 aliphatic carbocycles. The number of ether oxygens (including phenoxy) is 1. The van der Waals surface area contributed by atoms with Crippen LogP contribution in [0.4, 0.5) is 5.69 Å². The molecule has 6 rings (SSSR count). The van der Waals surface area contributed by atoms with Crippen LogP contribution in [-0.4, -0.2) is 60.8 Å². The Bertz CT molecular complexity index is 1780. The number of Topliss-reactive ketones (excluding diaryl/α,β-unsaturated/α-hetero) is 1. The highest BCUT2D eigenvalue weighted by molar-refractivity contribution is 7.89. The SMILES string of the molecule is O=C(Cc1sc2c(c1C(=O)Nc1ccc(Cc3ccncc3)cc1)CCCC2)c1cc(S(=O)(=O)N2CCOCC2)ccc1O. The monoisotopic (exact) mass is 631 g/mol. The third-order valence-electron chi connectivity index (χ3n) is 8.04. The fourth-order valence-corrected chi connectivity index (χ4v) is 8.55. The van der Waals surface area contributed by atoms with Crippen molar-refractivity contribution in [2.45, 2.75) is 43.4 Å². The number of aromatic nitrogens is 1. The number of anilines is 1. The molecule has 1 saturated heterocycles. The lowest BCUT2D eigenvalue weighted by molar-refractivity contribution is 0.0730. The molecule has 2 N–H and O–H groups in total. The second-order valence-electron chi connectivity index (χ2n) is 11.0. The number of benzene rings is 2. The predicted molar refractivity (Wildman–Crippen MR) is 168 cm³/mol. The second kappa shape index (κ2) is 13.0. The van der Waals surface area contributed by atoms with Crippen molar-refractivity contribution in [1.29, 1.82) is 0 Å². The van der Waals surface area contributed by atoms with Crippen LogP contribution in [0.25, 0.3) is 0 Å². The number of carbonyl (C=O) groups is 2. The summed E-state index contributed by atoms with van der Waals surface area (Å²) in [5.74, 6) is -1.02. The van der Waals surface area contributed by atoms with Gasteiger partial charge in [-0.2, -0.15) is 4.31 Å². The molecule has 1 fully saturated rings. The van der Waals surface area contributed by atoms with Gasteiger partial charge in [-0.05, 0) is 91.3 Å². The molecule has 0 spiro atoms. The molecule has 0 radical (unpaired) electrons. The number of amides is 1. The van der Waals surface area contributed by atoms with E-state index in [1.807, 2.05) is 36.4 Å². The molecule has 1 amide bonds. The molecule has 0 atom stereocenters.